The van der Waals surface area contributed by atoms with Gasteiger partial charge in [-0.1, -0.05) is 12.1 Å². The van der Waals surface area contributed by atoms with Crippen molar-refractivity contribution >= 4 is 18.0 Å². The summed E-state index contributed by atoms with van der Waals surface area (Å²) in [6.45, 7) is 3.77. The normalized spacial score (nSPS) is 11.7. The molecule has 0 aliphatic carbocycles. The summed E-state index contributed by atoms with van der Waals surface area (Å²) in [6, 6.07) is 5.20. The lowest BCUT2D eigenvalue weighted by Gasteiger charge is -2.07. The molecule has 0 fully saturated rings. The van der Waals surface area contributed by atoms with Crippen LogP contribution < -0.4 is 9.47 Å². The Labute approximate surface area is 122 Å². The van der Waals surface area contributed by atoms with Crippen molar-refractivity contribution < 1.29 is 28.5 Å². The number of carbonyl (C=O) groups excluding carboxylic acids is 2. The summed E-state index contributed by atoms with van der Waals surface area (Å²) < 4.78 is 20.4. The second kappa shape index (κ2) is 6.78. The van der Waals surface area contributed by atoms with E-state index in [1.807, 2.05) is 0 Å². The van der Waals surface area contributed by atoms with Gasteiger partial charge in [0.2, 0.25) is 6.79 Å². The molecule has 0 bridgehead atoms. The average Bonchev–Trinajstić information content (AvgIpc) is 2.94. The monoisotopic (exact) mass is 292 g/mol. The quantitative estimate of drug-likeness (QED) is 0.357. The van der Waals surface area contributed by atoms with Gasteiger partial charge in [-0.25, -0.2) is 9.59 Å². The number of rotatable bonds is 5. The molecule has 0 N–H and O–H groups in total. The number of carbonyl (C=O) groups is 2. The number of benzene rings is 1. The fourth-order valence-corrected chi connectivity index (χ4v) is 1.84. The van der Waals surface area contributed by atoms with Crippen molar-refractivity contribution in [3.05, 3.63) is 29.3 Å². The molecule has 1 aliphatic rings. The van der Waals surface area contributed by atoms with E-state index in [0.717, 1.165) is 0 Å². The molecule has 0 saturated carbocycles. The molecule has 0 amide bonds. The van der Waals surface area contributed by atoms with Crippen molar-refractivity contribution in [2.24, 2.45) is 0 Å². The largest absolute Gasteiger partial charge is 0.462 e. The number of para-hydroxylation sites is 1. The molecule has 0 spiro atoms. The Kier molecular flexibility index (Phi) is 4.81. The molecule has 112 valence electrons. The molecule has 1 aliphatic heterocycles. The third kappa shape index (κ3) is 3.34. The van der Waals surface area contributed by atoms with Gasteiger partial charge in [0, 0.05) is 5.56 Å². The zero-order valence-electron chi connectivity index (χ0n) is 11.9. The second-order valence-corrected chi connectivity index (χ2v) is 4.08. The van der Waals surface area contributed by atoms with E-state index in [1.165, 1.54) is 6.08 Å². The first-order valence-corrected chi connectivity index (χ1v) is 6.62. The molecule has 1 aromatic rings. The highest BCUT2D eigenvalue weighted by molar-refractivity contribution is 6.17. The van der Waals surface area contributed by atoms with Crippen molar-refractivity contribution in [3.63, 3.8) is 0 Å². The highest BCUT2D eigenvalue weighted by Crippen LogP contribution is 2.36. The lowest BCUT2D eigenvalue weighted by atomic mass is 10.1. The van der Waals surface area contributed by atoms with Crippen LogP contribution in [0.2, 0.25) is 0 Å². The van der Waals surface area contributed by atoms with E-state index in [4.69, 9.17) is 18.9 Å². The summed E-state index contributed by atoms with van der Waals surface area (Å²) in [7, 11) is 0. The first kappa shape index (κ1) is 14.9. The lowest BCUT2D eigenvalue weighted by molar-refractivity contribution is -0.146. The summed E-state index contributed by atoms with van der Waals surface area (Å²) >= 11 is 0. The zero-order valence-corrected chi connectivity index (χ0v) is 11.9. The fourth-order valence-electron chi connectivity index (χ4n) is 1.84. The molecule has 0 saturated heterocycles. The van der Waals surface area contributed by atoms with Gasteiger partial charge in [0.05, 0.1) is 13.2 Å². The van der Waals surface area contributed by atoms with Crippen molar-refractivity contribution in [3.8, 4) is 11.5 Å². The van der Waals surface area contributed by atoms with Gasteiger partial charge >= 0.3 is 11.9 Å². The summed E-state index contributed by atoms with van der Waals surface area (Å²) in [5.41, 5.74) is 0.378. The van der Waals surface area contributed by atoms with E-state index in [0.29, 0.717) is 17.1 Å². The minimum absolute atomic E-state index is 0.105. The van der Waals surface area contributed by atoms with Crippen LogP contribution in [0.1, 0.15) is 19.4 Å². The maximum atomic E-state index is 11.9. The van der Waals surface area contributed by atoms with E-state index in [9.17, 15) is 9.59 Å². The molecule has 1 heterocycles. The number of fused-ring (bicyclic) bond motifs is 1. The van der Waals surface area contributed by atoms with Gasteiger partial charge in [0.15, 0.2) is 11.5 Å². The average molecular weight is 292 g/mol. The van der Waals surface area contributed by atoms with Crippen LogP contribution in [0.5, 0.6) is 11.5 Å². The molecule has 0 unspecified atom stereocenters. The van der Waals surface area contributed by atoms with E-state index in [2.05, 4.69) is 0 Å². The first-order valence-electron chi connectivity index (χ1n) is 6.62. The van der Waals surface area contributed by atoms with Crippen LogP contribution in [-0.4, -0.2) is 31.9 Å². The van der Waals surface area contributed by atoms with Crippen molar-refractivity contribution in [2.75, 3.05) is 20.0 Å². The van der Waals surface area contributed by atoms with Crippen LogP contribution in [0.25, 0.3) is 6.08 Å². The molecule has 21 heavy (non-hydrogen) atoms. The van der Waals surface area contributed by atoms with Crippen LogP contribution in [0, 0.1) is 0 Å². The Hall–Kier alpha value is -2.50. The number of ether oxygens (including phenoxy) is 4. The van der Waals surface area contributed by atoms with Gasteiger partial charge in [0.1, 0.15) is 5.57 Å². The molecule has 1 aromatic carbocycles. The molecule has 0 radical (unpaired) electrons. The van der Waals surface area contributed by atoms with Gasteiger partial charge in [-0.05, 0) is 26.0 Å². The number of esters is 2. The minimum Gasteiger partial charge on any atom is -0.462 e. The van der Waals surface area contributed by atoms with Gasteiger partial charge in [-0.3, -0.25) is 0 Å². The van der Waals surface area contributed by atoms with Crippen LogP contribution in [0.3, 0.4) is 0 Å². The van der Waals surface area contributed by atoms with E-state index >= 15 is 0 Å². The van der Waals surface area contributed by atoms with E-state index in [-0.39, 0.29) is 25.6 Å². The van der Waals surface area contributed by atoms with E-state index in [1.54, 1.807) is 32.0 Å². The Morgan fingerprint density at radius 2 is 1.81 bits per heavy atom. The Bertz CT molecular complexity index is 556. The van der Waals surface area contributed by atoms with Crippen molar-refractivity contribution in [1.82, 2.24) is 0 Å². The van der Waals surface area contributed by atoms with Gasteiger partial charge in [-0.2, -0.15) is 0 Å². The first-order chi connectivity index (χ1) is 10.2. The number of hydrogen-bond donors (Lipinski definition) is 0. The molecule has 2 rings (SSSR count). The summed E-state index contributed by atoms with van der Waals surface area (Å²) in [4.78, 5) is 23.8. The molecule has 0 atom stereocenters. The van der Waals surface area contributed by atoms with Crippen LogP contribution in [0.4, 0.5) is 0 Å². The molecule has 0 aromatic heterocycles. The van der Waals surface area contributed by atoms with Gasteiger partial charge < -0.3 is 18.9 Å². The fraction of sp³-hybridized carbons (Fsp3) is 0.333. The van der Waals surface area contributed by atoms with Crippen LogP contribution in [0.15, 0.2) is 23.8 Å². The molecule has 6 nitrogen and oxygen atoms in total. The van der Waals surface area contributed by atoms with Crippen LogP contribution in [-0.2, 0) is 19.1 Å². The number of hydrogen-bond acceptors (Lipinski definition) is 6. The molecular formula is C15H16O6. The maximum Gasteiger partial charge on any atom is 0.345 e. The Morgan fingerprint density at radius 3 is 2.43 bits per heavy atom. The lowest BCUT2D eigenvalue weighted by Crippen LogP contribution is -2.18. The topological polar surface area (TPSA) is 71.1 Å². The Balaban J connectivity index is 2.38. The smallest absolute Gasteiger partial charge is 0.345 e. The molecule has 6 heteroatoms. The third-order valence-electron chi connectivity index (χ3n) is 2.72. The standard InChI is InChI=1S/C15H16O6/c1-3-18-14(16)11(15(17)19-4-2)8-10-6-5-7-12-13(10)21-9-20-12/h5-8H,3-4,9H2,1-2H3. The predicted molar refractivity (Wildman–Crippen MR) is 73.8 cm³/mol. The minimum atomic E-state index is -0.729. The van der Waals surface area contributed by atoms with Gasteiger partial charge in [-0.15, -0.1) is 0 Å². The van der Waals surface area contributed by atoms with Gasteiger partial charge in [0.25, 0.3) is 0 Å². The maximum absolute atomic E-state index is 11.9. The Morgan fingerprint density at radius 1 is 1.14 bits per heavy atom. The predicted octanol–water partition coefficient (Wildman–Crippen LogP) is 1.92. The highest BCUT2D eigenvalue weighted by Gasteiger charge is 2.23. The van der Waals surface area contributed by atoms with E-state index < -0.39 is 11.9 Å². The second-order valence-electron chi connectivity index (χ2n) is 4.08. The summed E-state index contributed by atoms with van der Waals surface area (Å²) in [5.74, 6) is -0.403. The van der Waals surface area contributed by atoms with Crippen molar-refractivity contribution in [1.29, 1.82) is 0 Å². The zero-order chi connectivity index (χ0) is 15.2. The molecular weight excluding hydrogens is 276 g/mol. The van der Waals surface area contributed by atoms with Crippen LogP contribution >= 0.6 is 0 Å². The highest BCUT2D eigenvalue weighted by atomic mass is 16.7. The third-order valence-corrected chi connectivity index (χ3v) is 2.72. The SMILES string of the molecule is CCOC(=O)C(=Cc1cccc2c1OCO2)C(=O)OCC. The summed E-state index contributed by atoms with van der Waals surface area (Å²) in [5, 5.41) is 0. The van der Waals surface area contributed by atoms with Crippen molar-refractivity contribution in [2.45, 2.75) is 13.8 Å². The summed E-state index contributed by atoms with van der Waals surface area (Å²) in [6.07, 6.45) is 1.39.